The number of carbonyl (C=O) groups excluding carboxylic acids is 4. The molecule has 0 rings (SSSR count). The zero-order chi connectivity index (χ0) is 70.5. The van der Waals surface area contributed by atoms with E-state index in [2.05, 4.69) is 34.6 Å². The largest absolute Gasteiger partial charge is 0.472 e. The quantitative estimate of drug-likeness (QED) is 0.0222. The van der Waals surface area contributed by atoms with Gasteiger partial charge in [-0.2, -0.15) is 0 Å². The van der Waals surface area contributed by atoms with Crippen LogP contribution in [0, 0.1) is 5.92 Å². The lowest BCUT2D eigenvalue weighted by Crippen LogP contribution is -2.30. The molecule has 96 heavy (non-hydrogen) atoms. The molecule has 3 N–H and O–H groups in total. The molecule has 0 spiro atoms. The third-order valence-electron chi connectivity index (χ3n) is 18.0. The van der Waals surface area contributed by atoms with E-state index >= 15 is 0 Å². The fourth-order valence-electron chi connectivity index (χ4n) is 11.9. The first-order valence-electron chi connectivity index (χ1n) is 40.1. The van der Waals surface area contributed by atoms with Gasteiger partial charge in [-0.3, -0.25) is 37.3 Å². The summed E-state index contributed by atoms with van der Waals surface area (Å²) in [5, 5.41) is 10.6. The molecule has 2 unspecified atom stereocenters. The van der Waals surface area contributed by atoms with Crippen LogP contribution in [0.5, 0.6) is 0 Å². The lowest BCUT2D eigenvalue weighted by molar-refractivity contribution is -0.161. The van der Waals surface area contributed by atoms with Gasteiger partial charge < -0.3 is 33.8 Å². The highest BCUT2D eigenvalue weighted by molar-refractivity contribution is 7.47. The second-order valence-electron chi connectivity index (χ2n) is 28.2. The van der Waals surface area contributed by atoms with Crippen molar-refractivity contribution >= 4 is 39.5 Å². The van der Waals surface area contributed by atoms with Gasteiger partial charge in [0.05, 0.1) is 26.4 Å². The van der Waals surface area contributed by atoms with Crippen LogP contribution in [0.25, 0.3) is 0 Å². The van der Waals surface area contributed by atoms with Crippen LogP contribution in [0.1, 0.15) is 407 Å². The van der Waals surface area contributed by atoms with Gasteiger partial charge >= 0.3 is 39.5 Å². The Bertz CT molecular complexity index is 1840. The summed E-state index contributed by atoms with van der Waals surface area (Å²) in [6, 6.07) is 0. The minimum atomic E-state index is -4.96. The molecule has 0 fully saturated rings. The number of unbranched alkanes of at least 4 members (excludes halogenated alkanes) is 49. The Hall–Kier alpha value is -1.94. The summed E-state index contributed by atoms with van der Waals surface area (Å²) in [4.78, 5) is 72.9. The highest BCUT2D eigenvalue weighted by atomic mass is 31.2. The third kappa shape index (κ3) is 70.5. The number of phosphoric acid groups is 2. The first-order chi connectivity index (χ1) is 46.5. The second-order valence-corrected chi connectivity index (χ2v) is 31.1. The topological polar surface area (TPSA) is 237 Å². The van der Waals surface area contributed by atoms with E-state index in [0.29, 0.717) is 25.7 Å². The van der Waals surface area contributed by atoms with Crippen LogP contribution in [0.2, 0.25) is 0 Å². The highest BCUT2D eigenvalue weighted by Gasteiger charge is 2.30. The SMILES string of the molecule is CCCCCCCCCCCCCCCCCCC(=O)O[C@H](COC(=O)CCCCCCCCCCCCCC(C)C)COP(=O)(O)OC[C@@H](O)COP(=O)(O)OC[C@@H](COC(=O)CCCCCCCCCCCCCCC)OC(=O)CCCCCCCCCCCCCCC. The second kappa shape index (κ2) is 70.1. The van der Waals surface area contributed by atoms with Gasteiger partial charge in [0.2, 0.25) is 0 Å². The molecule has 5 atom stereocenters. The molecule has 0 heterocycles. The van der Waals surface area contributed by atoms with Gasteiger partial charge in [0, 0.05) is 25.7 Å². The molecule has 0 saturated carbocycles. The molecule has 17 nitrogen and oxygen atoms in total. The summed E-state index contributed by atoms with van der Waals surface area (Å²) >= 11 is 0. The summed E-state index contributed by atoms with van der Waals surface area (Å²) < 4.78 is 68.6. The molecule has 0 aliphatic rings. The molecule has 0 aliphatic carbocycles. The lowest BCUT2D eigenvalue weighted by Gasteiger charge is -2.21. The van der Waals surface area contributed by atoms with E-state index in [1.165, 1.54) is 231 Å². The Labute approximate surface area is 588 Å². The molecule has 0 aromatic heterocycles. The standard InChI is InChI=1S/C77H150O17P2/c1-6-9-12-15-18-21-24-27-28-29-32-37-43-48-53-58-63-77(82)94-73(67-88-75(80)61-56-51-46-41-38-33-34-39-44-49-54-59-70(4)5)69-92-96(85,86)90-65-71(78)64-89-95(83,84)91-68-72(93-76(81)62-57-52-47-42-36-31-26-23-20-17-14-11-8-3)66-87-74(79)60-55-50-45-40-35-30-25-22-19-16-13-10-7-2/h70-73,78H,6-69H2,1-5H3,(H,83,84)(H,85,86)/t71-,72+,73+/m0/s1. The smallest absolute Gasteiger partial charge is 0.462 e. The van der Waals surface area contributed by atoms with Crippen molar-refractivity contribution in [3.05, 3.63) is 0 Å². The van der Waals surface area contributed by atoms with Crippen LogP contribution in [-0.2, 0) is 65.4 Å². The van der Waals surface area contributed by atoms with Crippen LogP contribution >= 0.6 is 15.6 Å². The van der Waals surface area contributed by atoms with E-state index < -0.39 is 97.5 Å². The van der Waals surface area contributed by atoms with Crippen LogP contribution in [0.3, 0.4) is 0 Å². The van der Waals surface area contributed by atoms with E-state index in [1.54, 1.807) is 0 Å². The monoisotopic (exact) mass is 1410 g/mol. The number of hydrogen-bond donors (Lipinski definition) is 3. The first kappa shape index (κ1) is 94.1. The van der Waals surface area contributed by atoms with Crippen LogP contribution in [0.4, 0.5) is 0 Å². The average molecular weight is 1410 g/mol. The number of ether oxygens (including phenoxy) is 4. The maximum Gasteiger partial charge on any atom is 0.472 e. The molecule has 0 aliphatic heterocycles. The van der Waals surface area contributed by atoms with Crippen molar-refractivity contribution in [3.63, 3.8) is 0 Å². The van der Waals surface area contributed by atoms with Gasteiger partial charge in [-0.1, -0.05) is 356 Å². The number of hydrogen-bond acceptors (Lipinski definition) is 15. The first-order valence-corrected chi connectivity index (χ1v) is 43.1. The van der Waals surface area contributed by atoms with Gasteiger partial charge in [0.15, 0.2) is 12.2 Å². The average Bonchev–Trinajstić information content (AvgIpc) is 1.17. The minimum absolute atomic E-state index is 0.108. The summed E-state index contributed by atoms with van der Waals surface area (Å²) in [5.41, 5.74) is 0. The molecule has 0 radical (unpaired) electrons. The van der Waals surface area contributed by atoms with Crippen LogP contribution in [-0.4, -0.2) is 96.7 Å². The Kier molecular flexibility index (Phi) is 68.7. The molecule has 0 bridgehead atoms. The number of phosphoric ester groups is 2. The Morgan fingerprint density at radius 2 is 0.479 bits per heavy atom. The predicted molar refractivity (Wildman–Crippen MR) is 391 cm³/mol. The maximum atomic E-state index is 13.1. The zero-order valence-electron chi connectivity index (χ0n) is 62.5. The fourth-order valence-corrected chi connectivity index (χ4v) is 13.5. The fraction of sp³-hybridized carbons (Fsp3) is 0.948. The summed E-state index contributed by atoms with van der Waals surface area (Å²) in [6.45, 7) is 7.32. The molecular weight excluding hydrogens is 1260 g/mol. The van der Waals surface area contributed by atoms with Crippen molar-refractivity contribution < 1.29 is 80.2 Å². The lowest BCUT2D eigenvalue weighted by atomic mass is 10.0. The highest BCUT2D eigenvalue weighted by Crippen LogP contribution is 2.45. The van der Waals surface area contributed by atoms with Crippen LogP contribution in [0.15, 0.2) is 0 Å². The number of carbonyl (C=O) groups is 4. The third-order valence-corrected chi connectivity index (χ3v) is 19.9. The van der Waals surface area contributed by atoms with E-state index in [0.717, 1.165) is 95.8 Å². The summed E-state index contributed by atoms with van der Waals surface area (Å²) in [5.74, 6) is -1.34. The van der Waals surface area contributed by atoms with E-state index in [4.69, 9.17) is 37.0 Å². The molecular formula is C77H150O17P2. The number of aliphatic hydroxyl groups excluding tert-OH is 1. The molecule has 0 saturated heterocycles. The Morgan fingerprint density at radius 3 is 0.708 bits per heavy atom. The normalized spacial score (nSPS) is 13.9. The number of rotatable bonds is 77. The van der Waals surface area contributed by atoms with E-state index in [-0.39, 0.29) is 25.7 Å². The molecule has 0 amide bonds. The van der Waals surface area contributed by atoms with Crippen molar-refractivity contribution in [2.75, 3.05) is 39.6 Å². The van der Waals surface area contributed by atoms with Crippen molar-refractivity contribution in [3.8, 4) is 0 Å². The van der Waals surface area contributed by atoms with Crippen molar-refractivity contribution in [2.45, 2.75) is 425 Å². The zero-order valence-corrected chi connectivity index (χ0v) is 64.3. The van der Waals surface area contributed by atoms with Gasteiger partial charge in [-0.25, -0.2) is 9.13 Å². The predicted octanol–water partition coefficient (Wildman–Crippen LogP) is 22.9. The molecule has 0 aromatic rings. The Balaban J connectivity index is 5.26. The summed E-state index contributed by atoms with van der Waals surface area (Å²) in [7, 11) is -9.91. The van der Waals surface area contributed by atoms with E-state index in [1.807, 2.05) is 0 Å². The van der Waals surface area contributed by atoms with E-state index in [9.17, 15) is 43.2 Å². The van der Waals surface area contributed by atoms with Gasteiger partial charge in [-0.15, -0.1) is 0 Å². The molecule has 19 heteroatoms. The van der Waals surface area contributed by atoms with Crippen LogP contribution < -0.4 is 0 Å². The van der Waals surface area contributed by atoms with Gasteiger partial charge in [0.1, 0.15) is 19.3 Å². The van der Waals surface area contributed by atoms with Crippen molar-refractivity contribution in [1.29, 1.82) is 0 Å². The summed E-state index contributed by atoms with van der Waals surface area (Å²) in [6.07, 6.45) is 59.4. The van der Waals surface area contributed by atoms with Gasteiger partial charge in [-0.05, 0) is 31.6 Å². The van der Waals surface area contributed by atoms with Gasteiger partial charge in [0.25, 0.3) is 0 Å². The van der Waals surface area contributed by atoms with Crippen molar-refractivity contribution in [1.82, 2.24) is 0 Å². The maximum absolute atomic E-state index is 13.1. The minimum Gasteiger partial charge on any atom is -0.462 e. The number of aliphatic hydroxyl groups is 1. The molecule has 570 valence electrons. The molecule has 0 aromatic carbocycles. The number of esters is 4. The van der Waals surface area contributed by atoms with Crippen molar-refractivity contribution in [2.24, 2.45) is 5.92 Å². The Morgan fingerprint density at radius 1 is 0.281 bits per heavy atom.